The number of alkyl halides is 3. The SMILES string of the molecule is Cc1ccc(NC(=O)N2CCC(Oc3cccc(NC(=O)c4cccc(C)c4-c4ccc(OC(F)(F)F)cc4)c3)CC2)cc1. The lowest BCUT2D eigenvalue weighted by Gasteiger charge is -2.32. The Bertz CT molecular complexity index is 1610. The van der Waals surface area contributed by atoms with Crippen LogP contribution in [0.5, 0.6) is 11.5 Å². The van der Waals surface area contributed by atoms with E-state index in [4.69, 9.17) is 4.74 Å². The molecule has 44 heavy (non-hydrogen) atoms. The van der Waals surface area contributed by atoms with Gasteiger partial charge >= 0.3 is 12.4 Å². The third kappa shape index (κ3) is 7.89. The highest BCUT2D eigenvalue weighted by Crippen LogP contribution is 2.32. The van der Waals surface area contributed by atoms with Crippen molar-refractivity contribution >= 4 is 23.3 Å². The van der Waals surface area contributed by atoms with E-state index in [9.17, 15) is 22.8 Å². The van der Waals surface area contributed by atoms with E-state index in [-0.39, 0.29) is 23.8 Å². The highest BCUT2D eigenvalue weighted by atomic mass is 19.4. The van der Waals surface area contributed by atoms with Crippen LogP contribution in [-0.2, 0) is 0 Å². The largest absolute Gasteiger partial charge is 0.573 e. The molecule has 2 N–H and O–H groups in total. The second-order valence-electron chi connectivity index (χ2n) is 10.7. The van der Waals surface area contributed by atoms with Gasteiger partial charge in [-0.05, 0) is 73.0 Å². The number of urea groups is 1. The summed E-state index contributed by atoms with van der Waals surface area (Å²) in [6.45, 7) is 4.93. The number of aryl methyl sites for hydroxylation is 2. The lowest BCUT2D eigenvalue weighted by Crippen LogP contribution is -2.43. The Morgan fingerprint density at radius 2 is 1.48 bits per heavy atom. The number of carbonyl (C=O) groups is 2. The second kappa shape index (κ2) is 13.1. The van der Waals surface area contributed by atoms with Crippen LogP contribution in [0.1, 0.15) is 34.3 Å². The van der Waals surface area contributed by atoms with Crippen molar-refractivity contribution in [3.63, 3.8) is 0 Å². The van der Waals surface area contributed by atoms with Crippen LogP contribution in [0.15, 0.2) is 91.0 Å². The molecule has 0 unspecified atom stereocenters. The van der Waals surface area contributed by atoms with Gasteiger partial charge in [0.1, 0.15) is 17.6 Å². The molecule has 1 fully saturated rings. The van der Waals surface area contributed by atoms with Crippen molar-refractivity contribution < 1.29 is 32.2 Å². The van der Waals surface area contributed by atoms with Gasteiger partial charge < -0.3 is 25.0 Å². The quantitative estimate of drug-likeness (QED) is 0.223. The number of halogens is 3. The molecule has 3 amide bonds. The van der Waals surface area contributed by atoms with Gasteiger partial charge in [0.15, 0.2) is 0 Å². The molecule has 0 bridgehead atoms. The molecule has 1 saturated heterocycles. The zero-order chi connectivity index (χ0) is 31.3. The third-order valence-electron chi connectivity index (χ3n) is 7.32. The van der Waals surface area contributed by atoms with Gasteiger partial charge in [-0.1, -0.05) is 48.0 Å². The summed E-state index contributed by atoms with van der Waals surface area (Å²) in [5.74, 6) is -0.117. The molecular formula is C34H32F3N3O4. The number of hydrogen-bond acceptors (Lipinski definition) is 4. The fourth-order valence-corrected chi connectivity index (χ4v) is 5.12. The van der Waals surface area contributed by atoms with Gasteiger partial charge in [0.2, 0.25) is 0 Å². The van der Waals surface area contributed by atoms with E-state index in [0.717, 1.165) is 16.8 Å². The first-order valence-corrected chi connectivity index (χ1v) is 14.2. The van der Waals surface area contributed by atoms with Crippen LogP contribution in [0.4, 0.5) is 29.3 Å². The van der Waals surface area contributed by atoms with Gasteiger partial charge in [-0.3, -0.25) is 4.79 Å². The van der Waals surface area contributed by atoms with Crippen LogP contribution in [0.25, 0.3) is 11.1 Å². The number of amides is 3. The summed E-state index contributed by atoms with van der Waals surface area (Å²) in [4.78, 5) is 27.8. The van der Waals surface area contributed by atoms with Crippen LogP contribution in [0, 0.1) is 13.8 Å². The minimum Gasteiger partial charge on any atom is -0.490 e. The van der Waals surface area contributed by atoms with Crippen molar-refractivity contribution in [2.24, 2.45) is 0 Å². The van der Waals surface area contributed by atoms with E-state index in [0.29, 0.717) is 54.1 Å². The number of hydrogen-bond donors (Lipinski definition) is 2. The molecule has 5 rings (SSSR count). The minimum atomic E-state index is -4.79. The number of likely N-dealkylation sites (tertiary alicyclic amines) is 1. The first kappa shape index (κ1) is 30.5. The minimum absolute atomic E-state index is 0.0861. The number of nitrogens with zero attached hydrogens (tertiary/aromatic N) is 1. The van der Waals surface area contributed by atoms with Crippen LogP contribution in [0.2, 0.25) is 0 Å². The average Bonchev–Trinajstić information content (AvgIpc) is 2.98. The molecule has 0 aromatic heterocycles. The van der Waals surface area contributed by atoms with E-state index in [2.05, 4.69) is 15.4 Å². The first-order valence-electron chi connectivity index (χ1n) is 14.2. The number of ether oxygens (including phenoxy) is 2. The molecule has 1 aliphatic rings. The Morgan fingerprint density at radius 3 is 2.16 bits per heavy atom. The van der Waals surface area contributed by atoms with Crippen LogP contribution < -0.4 is 20.1 Å². The average molecular weight is 604 g/mol. The predicted molar refractivity (Wildman–Crippen MR) is 163 cm³/mol. The van der Waals surface area contributed by atoms with Gasteiger partial charge in [-0.15, -0.1) is 13.2 Å². The molecule has 228 valence electrons. The van der Waals surface area contributed by atoms with Gasteiger partial charge in [0.05, 0.1) is 0 Å². The summed E-state index contributed by atoms with van der Waals surface area (Å²) in [6.07, 6.45) is -3.55. The van der Waals surface area contributed by atoms with Gasteiger partial charge in [-0.25, -0.2) is 4.79 Å². The highest BCUT2D eigenvalue weighted by Gasteiger charge is 2.31. The number of carbonyl (C=O) groups excluding carboxylic acids is 2. The fourth-order valence-electron chi connectivity index (χ4n) is 5.12. The molecule has 0 radical (unpaired) electrons. The van der Waals surface area contributed by atoms with Crippen LogP contribution >= 0.6 is 0 Å². The van der Waals surface area contributed by atoms with Crippen molar-refractivity contribution in [3.05, 3.63) is 108 Å². The maximum Gasteiger partial charge on any atom is 0.573 e. The number of nitrogens with one attached hydrogen (secondary N) is 2. The maximum atomic E-state index is 13.4. The topological polar surface area (TPSA) is 79.9 Å². The first-order chi connectivity index (χ1) is 21.0. The summed E-state index contributed by atoms with van der Waals surface area (Å²) in [5.41, 5.74) is 4.76. The summed E-state index contributed by atoms with van der Waals surface area (Å²) in [6, 6.07) is 25.3. The maximum absolute atomic E-state index is 13.4. The van der Waals surface area contributed by atoms with Crippen molar-refractivity contribution in [1.29, 1.82) is 0 Å². The van der Waals surface area contributed by atoms with Crippen molar-refractivity contribution in [2.45, 2.75) is 39.2 Å². The van der Waals surface area contributed by atoms with E-state index < -0.39 is 6.36 Å². The molecule has 1 aliphatic heterocycles. The van der Waals surface area contributed by atoms with Crippen molar-refractivity contribution in [3.8, 4) is 22.6 Å². The third-order valence-corrected chi connectivity index (χ3v) is 7.32. The molecule has 0 spiro atoms. The second-order valence-corrected chi connectivity index (χ2v) is 10.7. The number of piperidine rings is 1. The molecular weight excluding hydrogens is 571 g/mol. The Labute approximate surface area is 253 Å². The lowest BCUT2D eigenvalue weighted by molar-refractivity contribution is -0.274. The van der Waals surface area contributed by atoms with Crippen LogP contribution in [-0.4, -0.2) is 42.4 Å². The Hall–Kier alpha value is -4.99. The number of benzene rings is 4. The number of anilines is 2. The standard InChI is InChI=1S/C34H32F3N3O4/c1-22-9-13-25(14-10-22)39-33(42)40-19-17-27(18-20-40)43-29-7-4-6-26(21-29)38-32(41)30-8-3-5-23(2)31(30)24-11-15-28(16-12-24)44-34(35,36)37/h3-16,21,27H,17-20H2,1-2H3,(H,38,41)(H,39,42). The molecule has 4 aromatic rings. The Kier molecular flexibility index (Phi) is 9.08. The monoisotopic (exact) mass is 603 g/mol. The highest BCUT2D eigenvalue weighted by molar-refractivity contribution is 6.09. The Balaban J connectivity index is 1.20. The van der Waals surface area contributed by atoms with Crippen LogP contribution in [0.3, 0.4) is 0 Å². The predicted octanol–water partition coefficient (Wildman–Crippen LogP) is 8.20. The van der Waals surface area contributed by atoms with E-state index >= 15 is 0 Å². The zero-order valence-corrected chi connectivity index (χ0v) is 24.3. The molecule has 1 heterocycles. The molecule has 10 heteroatoms. The van der Waals surface area contributed by atoms with Gasteiger partial charge in [-0.2, -0.15) is 0 Å². The van der Waals surface area contributed by atoms with Gasteiger partial charge in [0, 0.05) is 48.9 Å². The smallest absolute Gasteiger partial charge is 0.490 e. The van der Waals surface area contributed by atoms with E-state index in [1.807, 2.05) is 50.2 Å². The van der Waals surface area contributed by atoms with E-state index in [1.165, 1.54) is 24.3 Å². The number of rotatable bonds is 7. The molecule has 0 aliphatic carbocycles. The summed E-state index contributed by atoms with van der Waals surface area (Å²) >= 11 is 0. The molecule has 0 saturated carbocycles. The normalized spacial score (nSPS) is 13.7. The zero-order valence-electron chi connectivity index (χ0n) is 24.3. The molecule has 0 atom stereocenters. The summed E-state index contributed by atoms with van der Waals surface area (Å²) < 4.78 is 47.9. The molecule has 4 aromatic carbocycles. The summed E-state index contributed by atoms with van der Waals surface area (Å²) in [5, 5.41) is 5.84. The Morgan fingerprint density at radius 1 is 0.795 bits per heavy atom. The molecule has 7 nitrogen and oxygen atoms in total. The van der Waals surface area contributed by atoms with Crippen molar-refractivity contribution in [1.82, 2.24) is 4.90 Å². The summed E-state index contributed by atoms with van der Waals surface area (Å²) in [7, 11) is 0. The van der Waals surface area contributed by atoms with Crippen molar-refractivity contribution in [2.75, 3.05) is 23.7 Å². The fraction of sp³-hybridized carbons (Fsp3) is 0.235. The lowest BCUT2D eigenvalue weighted by atomic mass is 9.94. The van der Waals surface area contributed by atoms with E-state index in [1.54, 1.807) is 35.2 Å². The van der Waals surface area contributed by atoms with Gasteiger partial charge in [0.25, 0.3) is 5.91 Å².